The summed E-state index contributed by atoms with van der Waals surface area (Å²) in [5.74, 6) is -3.31. The molecule has 0 aliphatic rings. The molecule has 0 unspecified atom stereocenters. The maximum absolute atomic E-state index is 13.3. The summed E-state index contributed by atoms with van der Waals surface area (Å²) in [6, 6.07) is 8.04. The molecule has 122 valence electrons. The predicted octanol–water partition coefficient (Wildman–Crippen LogP) is 3.11. The lowest BCUT2D eigenvalue weighted by atomic mass is 10.1. The Morgan fingerprint density at radius 2 is 1.62 bits per heavy atom. The molecule has 0 aliphatic carbocycles. The van der Waals surface area contributed by atoms with Gasteiger partial charge in [0.25, 0.3) is 0 Å². The van der Waals surface area contributed by atoms with Crippen molar-refractivity contribution in [2.45, 2.75) is 6.54 Å². The Kier molecular flexibility index (Phi) is 4.03. The van der Waals surface area contributed by atoms with Gasteiger partial charge in [0.05, 0.1) is 6.54 Å². The number of carbonyl (C=O) groups is 1. The van der Waals surface area contributed by atoms with E-state index < -0.39 is 23.4 Å². The van der Waals surface area contributed by atoms with E-state index in [0.717, 1.165) is 18.2 Å². The molecule has 3 aromatic rings. The van der Waals surface area contributed by atoms with E-state index in [4.69, 9.17) is 0 Å². The Hall–Kier alpha value is -3.16. The molecule has 0 fully saturated rings. The van der Waals surface area contributed by atoms with Crippen LogP contribution >= 0.6 is 0 Å². The highest BCUT2D eigenvalue weighted by atomic mass is 19.1. The quantitative estimate of drug-likeness (QED) is 0.797. The molecule has 0 aliphatic heterocycles. The minimum Gasteiger partial charge on any atom is -0.476 e. The second-order valence-corrected chi connectivity index (χ2v) is 5.03. The molecule has 3 rings (SSSR count). The van der Waals surface area contributed by atoms with Crippen LogP contribution in [0.3, 0.4) is 0 Å². The molecule has 0 saturated heterocycles. The van der Waals surface area contributed by atoms with Crippen LogP contribution < -0.4 is 0 Å². The van der Waals surface area contributed by atoms with E-state index in [1.54, 1.807) is 0 Å². The van der Waals surface area contributed by atoms with Gasteiger partial charge in [-0.3, -0.25) is 0 Å². The van der Waals surface area contributed by atoms with Gasteiger partial charge in [-0.25, -0.2) is 22.6 Å². The molecule has 0 saturated carbocycles. The second kappa shape index (κ2) is 6.15. The molecule has 1 heterocycles. The Morgan fingerprint density at radius 1 is 1.00 bits per heavy atom. The van der Waals surface area contributed by atoms with E-state index >= 15 is 0 Å². The maximum Gasteiger partial charge on any atom is 0.358 e. The lowest BCUT2D eigenvalue weighted by Gasteiger charge is -2.08. The number of carboxylic acid groups (broad SMARTS) is 1. The van der Waals surface area contributed by atoms with Gasteiger partial charge >= 0.3 is 5.97 Å². The third kappa shape index (κ3) is 3.12. The Bertz CT molecular complexity index is 887. The number of aromatic nitrogens is 3. The van der Waals surface area contributed by atoms with Crippen molar-refractivity contribution in [2.75, 3.05) is 0 Å². The number of halogens is 3. The minimum atomic E-state index is -1.31. The Labute approximate surface area is 134 Å². The number of carboxylic acids is 1. The van der Waals surface area contributed by atoms with Gasteiger partial charge in [0.1, 0.15) is 23.1 Å². The van der Waals surface area contributed by atoms with Crippen molar-refractivity contribution in [3.63, 3.8) is 0 Å². The van der Waals surface area contributed by atoms with Crippen molar-refractivity contribution in [3.8, 4) is 11.3 Å². The van der Waals surface area contributed by atoms with Crippen LogP contribution in [-0.4, -0.2) is 26.1 Å². The van der Waals surface area contributed by atoms with E-state index in [2.05, 4.69) is 10.3 Å². The molecule has 1 N–H and O–H groups in total. The topological polar surface area (TPSA) is 68.0 Å². The highest BCUT2D eigenvalue weighted by Crippen LogP contribution is 2.24. The van der Waals surface area contributed by atoms with Gasteiger partial charge in [-0.1, -0.05) is 5.21 Å². The van der Waals surface area contributed by atoms with Crippen LogP contribution in [0.5, 0.6) is 0 Å². The summed E-state index contributed by atoms with van der Waals surface area (Å²) in [5.41, 5.74) is 0.402. The van der Waals surface area contributed by atoms with E-state index in [9.17, 15) is 23.1 Å². The number of hydrogen-bond donors (Lipinski definition) is 1. The summed E-state index contributed by atoms with van der Waals surface area (Å²) in [6.07, 6.45) is 0. The first-order chi connectivity index (χ1) is 11.4. The largest absolute Gasteiger partial charge is 0.476 e. The Morgan fingerprint density at radius 3 is 2.21 bits per heavy atom. The van der Waals surface area contributed by atoms with Crippen molar-refractivity contribution in [1.82, 2.24) is 15.0 Å². The average molecular weight is 333 g/mol. The smallest absolute Gasteiger partial charge is 0.358 e. The fourth-order valence-electron chi connectivity index (χ4n) is 2.34. The average Bonchev–Trinajstić information content (AvgIpc) is 2.91. The number of nitrogens with zero attached hydrogens (tertiary/aromatic N) is 3. The van der Waals surface area contributed by atoms with Gasteiger partial charge in [0.15, 0.2) is 5.69 Å². The van der Waals surface area contributed by atoms with E-state index in [-0.39, 0.29) is 23.5 Å². The number of aromatic carboxylic acids is 1. The van der Waals surface area contributed by atoms with Gasteiger partial charge in [-0.15, -0.1) is 5.10 Å². The Balaban J connectivity index is 2.08. The molecule has 8 heteroatoms. The lowest BCUT2D eigenvalue weighted by Crippen LogP contribution is -2.07. The first-order valence-electron chi connectivity index (χ1n) is 6.82. The summed E-state index contributed by atoms with van der Waals surface area (Å²) in [6.45, 7) is -0.0956. The summed E-state index contributed by atoms with van der Waals surface area (Å²) in [7, 11) is 0. The summed E-state index contributed by atoms with van der Waals surface area (Å²) in [5, 5.41) is 16.6. The molecule has 0 spiro atoms. The molecule has 0 amide bonds. The number of hydrogen-bond acceptors (Lipinski definition) is 3. The third-order valence-electron chi connectivity index (χ3n) is 3.31. The second-order valence-electron chi connectivity index (χ2n) is 5.03. The van der Waals surface area contributed by atoms with Gasteiger partial charge in [0, 0.05) is 11.6 Å². The van der Waals surface area contributed by atoms with Gasteiger partial charge in [-0.05, 0) is 42.0 Å². The van der Waals surface area contributed by atoms with Crippen LogP contribution in [-0.2, 0) is 6.54 Å². The lowest BCUT2D eigenvalue weighted by molar-refractivity contribution is 0.0691. The minimum absolute atomic E-state index is 0.0956. The predicted molar refractivity (Wildman–Crippen MR) is 77.8 cm³/mol. The standard InChI is InChI=1S/C16H10F3N3O2/c17-11-3-1-10(2-4-11)15-14(16(23)24)20-21-22(15)8-9-5-12(18)7-13(19)6-9/h1-7H,8H2,(H,23,24). The van der Waals surface area contributed by atoms with Crippen LogP contribution in [0.4, 0.5) is 13.2 Å². The van der Waals surface area contributed by atoms with Gasteiger partial charge in [0.2, 0.25) is 0 Å². The molecule has 1 aromatic heterocycles. The van der Waals surface area contributed by atoms with Crippen LogP contribution in [0.25, 0.3) is 11.3 Å². The summed E-state index contributed by atoms with van der Waals surface area (Å²) in [4.78, 5) is 11.3. The molecule has 5 nitrogen and oxygen atoms in total. The zero-order valence-electron chi connectivity index (χ0n) is 12.1. The maximum atomic E-state index is 13.3. The zero-order chi connectivity index (χ0) is 17.3. The monoisotopic (exact) mass is 333 g/mol. The van der Waals surface area contributed by atoms with Crippen LogP contribution in [0.15, 0.2) is 42.5 Å². The van der Waals surface area contributed by atoms with Crippen molar-refractivity contribution < 1.29 is 23.1 Å². The van der Waals surface area contributed by atoms with Crippen molar-refractivity contribution in [3.05, 3.63) is 71.2 Å². The first-order valence-corrected chi connectivity index (χ1v) is 6.82. The van der Waals surface area contributed by atoms with Crippen LogP contribution in [0, 0.1) is 17.5 Å². The van der Waals surface area contributed by atoms with Crippen molar-refractivity contribution in [1.29, 1.82) is 0 Å². The van der Waals surface area contributed by atoms with Gasteiger partial charge in [-0.2, -0.15) is 0 Å². The highest BCUT2D eigenvalue weighted by Gasteiger charge is 2.21. The zero-order valence-corrected chi connectivity index (χ0v) is 12.1. The summed E-state index contributed by atoms with van der Waals surface area (Å²) < 4.78 is 40.9. The summed E-state index contributed by atoms with van der Waals surface area (Å²) >= 11 is 0. The fraction of sp³-hybridized carbons (Fsp3) is 0.0625. The SMILES string of the molecule is O=C(O)c1nnn(Cc2cc(F)cc(F)c2)c1-c1ccc(F)cc1. The molecular weight excluding hydrogens is 323 g/mol. The van der Waals surface area contributed by atoms with Crippen molar-refractivity contribution in [2.24, 2.45) is 0 Å². The highest BCUT2D eigenvalue weighted by molar-refractivity contribution is 5.92. The molecule has 0 atom stereocenters. The normalized spacial score (nSPS) is 10.8. The number of rotatable bonds is 4. The molecular formula is C16H10F3N3O2. The van der Waals surface area contributed by atoms with E-state index in [1.165, 1.54) is 28.9 Å². The van der Waals surface area contributed by atoms with E-state index in [0.29, 0.717) is 5.56 Å². The first kappa shape index (κ1) is 15.7. The van der Waals surface area contributed by atoms with Crippen molar-refractivity contribution >= 4 is 5.97 Å². The number of benzene rings is 2. The van der Waals surface area contributed by atoms with Crippen LogP contribution in [0.2, 0.25) is 0 Å². The molecule has 0 bridgehead atoms. The van der Waals surface area contributed by atoms with Crippen LogP contribution in [0.1, 0.15) is 16.1 Å². The third-order valence-corrected chi connectivity index (χ3v) is 3.31. The molecule has 0 radical (unpaired) electrons. The molecule has 24 heavy (non-hydrogen) atoms. The molecule has 2 aromatic carbocycles. The van der Waals surface area contributed by atoms with Gasteiger partial charge < -0.3 is 5.11 Å². The fourth-order valence-corrected chi connectivity index (χ4v) is 2.34. The van der Waals surface area contributed by atoms with E-state index in [1.807, 2.05) is 0 Å².